The second kappa shape index (κ2) is 19.5. The van der Waals surface area contributed by atoms with Crippen LogP contribution in [0.4, 0.5) is 0 Å². The molecule has 0 bridgehead atoms. The Kier molecular flexibility index (Phi) is 14.7. The molecule has 0 radical (unpaired) electrons. The third kappa shape index (κ3) is 12.8. The van der Waals surface area contributed by atoms with Crippen molar-refractivity contribution in [2.75, 3.05) is 52.7 Å². The van der Waals surface area contributed by atoms with Gasteiger partial charge in [-0.3, -0.25) is 9.98 Å². The zero-order valence-electron chi connectivity index (χ0n) is 25.5. The number of nitriles is 2. The number of benzene rings is 3. The van der Waals surface area contributed by atoms with Crippen molar-refractivity contribution in [1.29, 1.82) is 10.5 Å². The van der Waals surface area contributed by atoms with Gasteiger partial charge in [0, 0.05) is 0 Å². The first-order chi connectivity index (χ1) is 22.4. The Morgan fingerprint density at radius 3 is 1.24 bits per heavy atom. The van der Waals surface area contributed by atoms with E-state index in [0.717, 1.165) is 22.3 Å². The topological polar surface area (TPSA) is 213 Å². The van der Waals surface area contributed by atoms with Crippen LogP contribution in [0, 0.1) is 22.7 Å². The Balaban J connectivity index is 1.52. The molecule has 0 spiro atoms. The summed E-state index contributed by atoms with van der Waals surface area (Å²) in [6, 6.07) is 26.7. The Morgan fingerprint density at radius 1 is 0.543 bits per heavy atom. The van der Waals surface area contributed by atoms with E-state index in [9.17, 15) is 10.5 Å². The molecule has 46 heavy (non-hydrogen) atoms. The molecule has 0 aliphatic heterocycles. The second-order valence-electron chi connectivity index (χ2n) is 9.59. The van der Waals surface area contributed by atoms with Crippen molar-refractivity contribution in [3.8, 4) is 23.6 Å². The van der Waals surface area contributed by atoms with Crippen molar-refractivity contribution < 1.29 is 18.9 Å². The lowest BCUT2D eigenvalue weighted by Gasteiger charge is -2.08. The van der Waals surface area contributed by atoms with E-state index in [1.807, 2.05) is 72.8 Å². The van der Waals surface area contributed by atoms with E-state index in [2.05, 4.69) is 22.1 Å². The predicted octanol–water partition coefficient (Wildman–Crippen LogP) is 3.15. The maximum absolute atomic E-state index is 9.82. The third-order valence-electron chi connectivity index (χ3n) is 6.18. The number of aliphatic imine (C=N–C) groups is 2. The summed E-state index contributed by atoms with van der Waals surface area (Å²) in [5, 5.41) is 19.6. The minimum atomic E-state index is 0.0365. The van der Waals surface area contributed by atoms with Gasteiger partial charge in [0.1, 0.15) is 24.7 Å². The highest BCUT2D eigenvalue weighted by Gasteiger charge is 2.06. The average molecular weight is 623 g/mol. The lowest BCUT2D eigenvalue weighted by Crippen LogP contribution is -2.23. The Hall–Kier alpha value is -5.82. The summed E-state index contributed by atoms with van der Waals surface area (Å²) in [5.74, 6) is 1.45. The molecule has 0 aliphatic rings. The van der Waals surface area contributed by atoms with E-state index in [1.54, 1.807) is 12.2 Å². The molecule has 0 amide bonds. The molecule has 0 atom stereocenters. The van der Waals surface area contributed by atoms with Crippen LogP contribution in [0.1, 0.15) is 22.3 Å². The number of allylic oxidation sites excluding steroid dienone is 2. The first-order valence-corrected chi connectivity index (χ1v) is 14.4. The summed E-state index contributed by atoms with van der Waals surface area (Å²) in [4.78, 5) is 7.69. The largest absolute Gasteiger partial charge is 0.491 e. The zero-order chi connectivity index (χ0) is 33.0. The zero-order valence-corrected chi connectivity index (χ0v) is 25.5. The van der Waals surface area contributed by atoms with Gasteiger partial charge in [-0.25, -0.2) is 0 Å². The fourth-order valence-corrected chi connectivity index (χ4v) is 3.96. The molecule has 3 rings (SSSR count). The second-order valence-corrected chi connectivity index (χ2v) is 9.59. The molecular weight excluding hydrogens is 584 g/mol. The maximum Gasteiger partial charge on any atom is 0.185 e. The highest BCUT2D eigenvalue weighted by Crippen LogP contribution is 2.24. The Bertz CT molecular complexity index is 1460. The molecule has 0 heterocycles. The fourth-order valence-electron chi connectivity index (χ4n) is 3.96. The SMILES string of the molecule is N#C/C(=C\c1ccc(OCCOCCN=C(N)N)cc1)c1ccc(/C(C#N)=C\c2ccc(OCCOCCN=C(N)N)cc2)cc1. The van der Waals surface area contributed by atoms with Gasteiger partial charge in [0.15, 0.2) is 11.9 Å². The molecule has 0 fully saturated rings. The van der Waals surface area contributed by atoms with Crippen LogP contribution < -0.4 is 32.4 Å². The summed E-state index contributed by atoms with van der Waals surface area (Å²) in [7, 11) is 0. The molecule has 3 aromatic rings. The quantitative estimate of drug-likeness (QED) is 0.0534. The maximum atomic E-state index is 9.82. The predicted molar refractivity (Wildman–Crippen MR) is 180 cm³/mol. The Morgan fingerprint density at radius 2 is 0.913 bits per heavy atom. The lowest BCUT2D eigenvalue weighted by molar-refractivity contribution is 0.106. The number of ether oxygens (including phenoxy) is 4. The van der Waals surface area contributed by atoms with Gasteiger partial charge < -0.3 is 41.9 Å². The van der Waals surface area contributed by atoms with Crippen molar-refractivity contribution in [3.05, 3.63) is 95.1 Å². The average Bonchev–Trinajstić information content (AvgIpc) is 3.06. The number of hydrogen-bond donors (Lipinski definition) is 4. The fraction of sp³-hybridized carbons (Fsp3) is 0.235. The summed E-state index contributed by atoms with van der Waals surface area (Å²) >= 11 is 0. The van der Waals surface area contributed by atoms with Crippen molar-refractivity contribution in [3.63, 3.8) is 0 Å². The number of hydrogen-bond acceptors (Lipinski definition) is 8. The summed E-state index contributed by atoms with van der Waals surface area (Å²) < 4.78 is 22.2. The molecule has 0 unspecified atom stereocenters. The minimum Gasteiger partial charge on any atom is -0.491 e. The molecule has 12 nitrogen and oxygen atoms in total. The summed E-state index contributed by atoms with van der Waals surface area (Å²) in [5.41, 5.74) is 25.2. The normalized spacial score (nSPS) is 11.2. The van der Waals surface area contributed by atoms with E-state index >= 15 is 0 Å². The van der Waals surface area contributed by atoms with Crippen molar-refractivity contribution in [2.24, 2.45) is 32.9 Å². The van der Waals surface area contributed by atoms with Gasteiger partial charge in [-0.15, -0.1) is 0 Å². The van der Waals surface area contributed by atoms with Crippen molar-refractivity contribution in [1.82, 2.24) is 0 Å². The van der Waals surface area contributed by atoms with Crippen LogP contribution in [0.25, 0.3) is 23.3 Å². The number of rotatable bonds is 18. The molecule has 8 N–H and O–H groups in total. The van der Waals surface area contributed by atoms with Crippen LogP contribution in [-0.2, 0) is 9.47 Å². The van der Waals surface area contributed by atoms with Gasteiger partial charge in [-0.1, -0.05) is 48.5 Å². The molecule has 238 valence electrons. The van der Waals surface area contributed by atoms with Gasteiger partial charge in [-0.2, -0.15) is 10.5 Å². The lowest BCUT2D eigenvalue weighted by atomic mass is 9.99. The van der Waals surface area contributed by atoms with Gasteiger partial charge in [0.25, 0.3) is 0 Å². The van der Waals surface area contributed by atoms with Gasteiger partial charge in [-0.05, 0) is 58.7 Å². The summed E-state index contributed by atoms with van der Waals surface area (Å²) in [6.45, 7) is 3.18. The smallest absolute Gasteiger partial charge is 0.185 e. The highest BCUT2D eigenvalue weighted by atomic mass is 16.5. The number of nitrogens with zero attached hydrogens (tertiary/aromatic N) is 4. The first kappa shape index (κ1) is 34.7. The van der Waals surface area contributed by atoms with Crippen molar-refractivity contribution >= 4 is 35.2 Å². The van der Waals surface area contributed by atoms with E-state index in [0.29, 0.717) is 75.4 Å². The monoisotopic (exact) mass is 622 g/mol. The molecule has 0 aromatic heterocycles. The summed E-state index contributed by atoms with van der Waals surface area (Å²) in [6.07, 6.45) is 3.60. The van der Waals surface area contributed by atoms with Gasteiger partial charge in [0.05, 0.1) is 62.8 Å². The standard InChI is InChI=1S/C34H38N8O4/c35-23-29(21-25-1-9-31(10-2-25)45-19-17-43-15-13-41-33(37)38)27-5-7-28(8-6-27)30(24-36)22-26-3-11-32(12-4-26)46-20-18-44-16-14-42-34(39)40/h1-12,21-22H,13-20H2,(H4,37,38,41)(H4,39,40,42)/b29-21-,30-22+. The molecule has 3 aromatic carbocycles. The first-order valence-electron chi connectivity index (χ1n) is 14.4. The van der Waals surface area contributed by atoms with Crippen LogP contribution in [0.5, 0.6) is 11.5 Å². The van der Waals surface area contributed by atoms with E-state index < -0.39 is 0 Å². The number of guanidine groups is 2. The molecule has 12 heteroatoms. The van der Waals surface area contributed by atoms with Crippen molar-refractivity contribution in [2.45, 2.75) is 0 Å². The van der Waals surface area contributed by atoms with Gasteiger partial charge in [0.2, 0.25) is 0 Å². The molecule has 0 saturated heterocycles. The Labute approximate surface area is 268 Å². The van der Waals surface area contributed by atoms with Crippen LogP contribution in [0.3, 0.4) is 0 Å². The molecule has 0 aliphatic carbocycles. The van der Waals surface area contributed by atoms with E-state index in [-0.39, 0.29) is 11.9 Å². The van der Waals surface area contributed by atoms with Crippen LogP contribution >= 0.6 is 0 Å². The molecular formula is C34H38N8O4. The van der Waals surface area contributed by atoms with Gasteiger partial charge >= 0.3 is 0 Å². The van der Waals surface area contributed by atoms with Crippen LogP contribution in [0.2, 0.25) is 0 Å². The van der Waals surface area contributed by atoms with Crippen LogP contribution in [0.15, 0.2) is 82.8 Å². The minimum absolute atomic E-state index is 0.0365. The molecule has 0 saturated carbocycles. The highest BCUT2D eigenvalue weighted by molar-refractivity contribution is 5.92. The van der Waals surface area contributed by atoms with E-state index in [4.69, 9.17) is 41.9 Å². The van der Waals surface area contributed by atoms with E-state index in [1.165, 1.54) is 0 Å². The van der Waals surface area contributed by atoms with Crippen LogP contribution in [-0.4, -0.2) is 64.6 Å². The number of nitrogens with two attached hydrogens (primary N) is 4. The third-order valence-corrected chi connectivity index (χ3v) is 6.18.